The van der Waals surface area contributed by atoms with Gasteiger partial charge in [0, 0.05) is 90.1 Å². The van der Waals surface area contributed by atoms with Crippen molar-refractivity contribution in [3.8, 4) is 34.3 Å². The van der Waals surface area contributed by atoms with E-state index in [1.54, 1.807) is 30.9 Å². The summed E-state index contributed by atoms with van der Waals surface area (Å²) in [7, 11) is 3.92. The molecular weight excluding hydrogens is 609 g/mol. The number of aromatic hydroxyl groups is 1. The van der Waals surface area contributed by atoms with Gasteiger partial charge in [0.05, 0.1) is 10.0 Å². The highest BCUT2D eigenvalue weighted by Gasteiger charge is 2.15. The van der Waals surface area contributed by atoms with E-state index in [0.29, 0.717) is 26.9 Å². The molecule has 0 aliphatic carbocycles. The summed E-state index contributed by atoms with van der Waals surface area (Å²) < 4.78 is 9.98. The fraction of sp³-hybridized carbons (Fsp3) is 0.147. The lowest BCUT2D eigenvalue weighted by molar-refractivity contribution is 0.309. The molecule has 0 radical (unpaired) electrons. The van der Waals surface area contributed by atoms with Crippen LogP contribution >= 0.6 is 23.2 Å². The number of phenolic OH excluding ortho intramolecular Hbond substituents is 1. The van der Waals surface area contributed by atoms with Crippen LogP contribution in [0.2, 0.25) is 10.0 Å². The van der Waals surface area contributed by atoms with Crippen LogP contribution in [0.15, 0.2) is 85.7 Å². The monoisotopic (exact) mass is 637 g/mol. The molecule has 0 fully saturated rings. The Bertz CT molecular complexity index is 2150. The number of para-hydroxylation sites is 2. The molecule has 7 aromatic rings. The van der Waals surface area contributed by atoms with Crippen molar-refractivity contribution >= 4 is 45.0 Å². The van der Waals surface area contributed by atoms with E-state index in [1.807, 2.05) is 91.9 Å². The second-order valence-corrected chi connectivity index (χ2v) is 11.4. The van der Waals surface area contributed by atoms with Crippen LogP contribution in [0.3, 0.4) is 0 Å². The van der Waals surface area contributed by atoms with E-state index in [0.717, 1.165) is 50.5 Å². The minimum Gasteiger partial charge on any atom is -0.506 e. The third kappa shape index (κ3) is 6.05. The van der Waals surface area contributed by atoms with Crippen molar-refractivity contribution in [1.82, 2.24) is 34.1 Å². The first kappa shape index (κ1) is 30.1. The van der Waals surface area contributed by atoms with Gasteiger partial charge in [0.15, 0.2) is 0 Å². The molecule has 0 saturated carbocycles. The van der Waals surface area contributed by atoms with Gasteiger partial charge in [0.2, 0.25) is 0 Å². The molecule has 0 unspecified atom stereocenters. The van der Waals surface area contributed by atoms with Gasteiger partial charge in [-0.1, -0.05) is 47.5 Å². The normalized spacial score (nSPS) is 11.1. The zero-order chi connectivity index (χ0) is 31.7. The summed E-state index contributed by atoms with van der Waals surface area (Å²) in [5, 5.41) is 12.7. The zero-order valence-electron chi connectivity index (χ0n) is 25.0. The molecule has 5 heterocycles. The lowest BCUT2D eigenvalue weighted by Gasteiger charge is -2.13. The van der Waals surface area contributed by atoms with Crippen LogP contribution in [-0.4, -0.2) is 39.2 Å². The lowest BCUT2D eigenvalue weighted by Crippen LogP contribution is -2.01. The first-order valence-electron chi connectivity index (χ1n) is 14.1. The highest BCUT2D eigenvalue weighted by atomic mass is 35.5. The predicted molar refractivity (Wildman–Crippen MR) is 178 cm³/mol. The van der Waals surface area contributed by atoms with E-state index in [4.69, 9.17) is 32.9 Å². The molecule has 7 rings (SSSR count). The van der Waals surface area contributed by atoms with Gasteiger partial charge in [0.25, 0.3) is 0 Å². The SMILES string of the molecule is Cc1cc(-c2nccn2C)c2cccc(O)c2n1.Cc1cc(-c2nccn2C)c2cccc(OCc3c(Cl)cncc3Cl)c2n1. The number of aromatic nitrogens is 7. The molecule has 5 aromatic heterocycles. The van der Waals surface area contributed by atoms with Crippen LogP contribution in [0.25, 0.3) is 44.6 Å². The highest BCUT2D eigenvalue weighted by molar-refractivity contribution is 6.35. The molecule has 0 spiro atoms. The fourth-order valence-corrected chi connectivity index (χ4v) is 5.65. The van der Waals surface area contributed by atoms with Crippen molar-refractivity contribution in [2.75, 3.05) is 0 Å². The number of fused-ring (bicyclic) bond motifs is 2. The van der Waals surface area contributed by atoms with Crippen LogP contribution in [0.1, 0.15) is 17.0 Å². The van der Waals surface area contributed by atoms with Crippen molar-refractivity contribution in [3.05, 3.63) is 113 Å². The molecule has 0 amide bonds. The Balaban J connectivity index is 0.000000172. The Morgan fingerprint density at radius 2 is 1.29 bits per heavy atom. The number of benzene rings is 2. The van der Waals surface area contributed by atoms with E-state index >= 15 is 0 Å². The predicted octanol–water partition coefficient (Wildman–Crippen LogP) is 7.87. The Kier molecular flexibility index (Phi) is 8.38. The summed E-state index contributed by atoms with van der Waals surface area (Å²) in [5.74, 6) is 2.61. The minimum atomic E-state index is 0.201. The van der Waals surface area contributed by atoms with Gasteiger partial charge < -0.3 is 19.0 Å². The van der Waals surface area contributed by atoms with Gasteiger partial charge >= 0.3 is 0 Å². The number of halogens is 2. The highest BCUT2D eigenvalue weighted by Crippen LogP contribution is 2.34. The number of aryl methyl sites for hydroxylation is 4. The van der Waals surface area contributed by atoms with Gasteiger partial charge in [-0.2, -0.15) is 0 Å². The Labute approximate surface area is 269 Å². The van der Waals surface area contributed by atoms with Crippen molar-refractivity contribution in [2.24, 2.45) is 14.1 Å². The maximum absolute atomic E-state index is 9.90. The number of hydrogen-bond acceptors (Lipinski definition) is 7. The summed E-state index contributed by atoms with van der Waals surface area (Å²) in [6.45, 7) is 4.10. The number of rotatable bonds is 5. The molecule has 1 N–H and O–H groups in total. The van der Waals surface area contributed by atoms with Gasteiger partial charge in [-0.15, -0.1) is 0 Å². The van der Waals surface area contributed by atoms with E-state index in [2.05, 4.69) is 19.9 Å². The number of hydrogen-bond donors (Lipinski definition) is 1. The van der Waals surface area contributed by atoms with E-state index in [9.17, 15) is 5.11 Å². The number of nitrogens with zero attached hydrogens (tertiary/aromatic N) is 7. The first-order valence-corrected chi connectivity index (χ1v) is 14.8. The molecular formula is C34H29Cl2N7O2. The fourth-order valence-electron chi connectivity index (χ4n) is 5.17. The average molecular weight is 639 g/mol. The van der Waals surface area contributed by atoms with Crippen LogP contribution in [-0.2, 0) is 20.7 Å². The van der Waals surface area contributed by atoms with Gasteiger partial charge in [-0.3, -0.25) is 4.98 Å². The topological polar surface area (TPSA) is 104 Å². The quantitative estimate of drug-likeness (QED) is 0.205. The Morgan fingerprint density at radius 1 is 0.756 bits per heavy atom. The zero-order valence-corrected chi connectivity index (χ0v) is 26.5. The van der Waals surface area contributed by atoms with Crippen LogP contribution in [0, 0.1) is 13.8 Å². The standard InChI is InChI=1S/C20H16Cl2N4O.C14H13N3O/c1-12-8-14(20-24-6-7-26(20)2)13-4-3-5-18(19(13)25-12)27-11-15-16(21)9-23-10-17(15)22;1-9-8-11(14-15-6-7-17(14)2)10-4-3-5-12(18)13(10)16-9/h3-10H,11H2,1-2H3;3-8,18H,1-2H3. The van der Waals surface area contributed by atoms with E-state index < -0.39 is 0 Å². The van der Waals surface area contributed by atoms with Crippen molar-refractivity contribution in [1.29, 1.82) is 0 Å². The summed E-state index contributed by atoms with van der Waals surface area (Å²) in [6.07, 6.45) is 10.5. The molecule has 0 saturated heterocycles. The molecule has 0 aliphatic heterocycles. The van der Waals surface area contributed by atoms with Gasteiger partial charge in [-0.05, 0) is 38.1 Å². The summed E-state index contributed by atoms with van der Waals surface area (Å²) in [5.41, 5.74) is 5.84. The molecule has 9 nitrogen and oxygen atoms in total. The van der Waals surface area contributed by atoms with Gasteiger partial charge in [0.1, 0.15) is 40.8 Å². The third-order valence-corrected chi connectivity index (χ3v) is 7.98. The molecule has 45 heavy (non-hydrogen) atoms. The van der Waals surface area contributed by atoms with E-state index in [1.165, 1.54) is 0 Å². The van der Waals surface area contributed by atoms with Crippen molar-refractivity contribution in [2.45, 2.75) is 20.5 Å². The first-order chi connectivity index (χ1) is 21.7. The number of pyridine rings is 3. The largest absolute Gasteiger partial charge is 0.506 e. The maximum Gasteiger partial charge on any atom is 0.146 e. The molecule has 226 valence electrons. The molecule has 2 aromatic carbocycles. The summed E-state index contributed by atoms with van der Waals surface area (Å²) >= 11 is 12.4. The molecule has 0 atom stereocenters. The van der Waals surface area contributed by atoms with Crippen molar-refractivity contribution < 1.29 is 9.84 Å². The third-order valence-electron chi connectivity index (χ3n) is 7.33. The Morgan fingerprint density at radius 3 is 1.84 bits per heavy atom. The van der Waals surface area contributed by atoms with Crippen LogP contribution in [0.5, 0.6) is 11.5 Å². The lowest BCUT2D eigenvalue weighted by atomic mass is 10.1. The number of ether oxygens (including phenoxy) is 1. The Hall–Kier alpha value is -4.99. The van der Waals surface area contributed by atoms with Gasteiger partial charge in [-0.25, -0.2) is 19.9 Å². The molecule has 0 bridgehead atoms. The summed E-state index contributed by atoms with van der Waals surface area (Å²) in [6, 6.07) is 15.3. The second-order valence-electron chi connectivity index (χ2n) is 10.5. The van der Waals surface area contributed by atoms with Crippen LogP contribution in [0.4, 0.5) is 0 Å². The number of phenols is 1. The molecule has 0 aliphatic rings. The smallest absolute Gasteiger partial charge is 0.146 e. The number of imidazole rings is 2. The average Bonchev–Trinajstić information content (AvgIpc) is 3.64. The van der Waals surface area contributed by atoms with E-state index in [-0.39, 0.29) is 12.4 Å². The minimum absolute atomic E-state index is 0.201. The summed E-state index contributed by atoms with van der Waals surface area (Å²) in [4.78, 5) is 21.9. The van der Waals surface area contributed by atoms with Crippen LogP contribution < -0.4 is 4.74 Å². The maximum atomic E-state index is 9.90. The second kappa shape index (κ2) is 12.6. The molecule has 11 heteroatoms. The van der Waals surface area contributed by atoms with Crippen molar-refractivity contribution in [3.63, 3.8) is 0 Å².